The van der Waals surface area contributed by atoms with E-state index in [9.17, 15) is 4.39 Å². The van der Waals surface area contributed by atoms with E-state index in [2.05, 4.69) is 25.3 Å². The van der Waals surface area contributed by atoms with Crippen LogP contribution in [-0.2, 0) is 16.2 Å². The summed E-state index contributed by atoms with van der Waals surface area (Å²) in [6, 6.07) is 18.2. The molecule has 1 aromatic heterocycles. The predicted octanol–water partition coefficient (Wildman–Crippen LogP) is 5.47. The lowest BCUT2D eigenvalue weighted by Crippen LogP contribution is -2.38. The quantitative estimate of drug-likeness (QED) is 0.166. The normalized spacial score (nSPS) is 14.4. The number of ether oxygens (including phenoxy) is 2. The Balaban J connectivity index is 1.25. The number of rotatable bonds is 10. The number of aromatic nitrogens is 2. The second-order valence-electron chi connectivity index (χ2n) is 9.44. The first-order valence-corrected chi connectivity index (χ1v) is 13.0. The van der Waals surface area contributed by atoms with E-state index in [1.54, 1.807) is 12.4 Å². The molecular weight excluding hydrogens is 497 g/mol. The molecule has 8 nitrogen and oxygen atoms in total. The highest BCUT2D eigenvalue weighted by atomic mass is 19.1. The van der Waals surface area contributed by atoms with Crippen LogP contribution < -0.4 is 10.1 Å². The van der Waals surface area contributed by atoms with Gasteiger partial charge in [-0.05, 0) is 73.0 Å². The Morgan fingerprint density at radius 3 is 2.77 bits per heavy atom. The van der Waals surface area contributed by atoms with Crippen molar-refractivity contribution in [3.8, 4) is 5.75 Å². The summed E-state index contributed by atoms with van der Waals surface area (Å²) in [5.74, 6) is 1.15. The summed E-state index contributed by atoms with van der Waals surface area (Å²) in [6.45, 7) is 8.95. The lowest BCUT2D eigenvalue weighted by molar-refractivity contribution is 0.0212. The number of hydrogen-bond acceptors (Lipinski definition) is 8. The van der Waals surface area contributed by atoms with Crippen molar-refractivity contribution < 1.29 is 18.7 Å². The zero-order chi connectivity index (χ0) is 27.0. The number of morpholine rings is 1. The van der Waals surface area contributed by atoms with Gasteiger partial charge in [0, 0.05) is 30.7 Å². The molecule has 3 aromatic carbocycles. The third kappa shape index (κ3) is 7.07. The zero-order valence-corrected chi connectivity index (χ0v) is 22.2. The molecule has 9 heteroatoms. The summed E-state index contributed by atoms with van der Waals surface area (Å²) >= 11 is 0. The molecule has 0 radical (unpaired) electrons. The Hall–Kier alpha value is -4.08. The van der Waals surface area contributed by atoms with Crippen molar-refractivity contribution in [2.24, 2.45) is 5.16 Å². The highest BCUT2D eigenvalue weighted by molar-refractivity contribution is 6.03. The molecule has 0 bridgehead atoms. The average Bonchev–Trinajstić information content (AvgIpc) is 2.95. The molecule has 0 atom stereocenters. The minimum atomic E-state index is -0.273. The van der Waals surface area contributed by atoms with Gasteiger partial charge in [0.25, 0.3) is 0 Å². The molecule has 1 aliphatic rings. The number of fused-ring (bicyclic) bond motifs is 1. The molecule has 4 aromatic rings. The standard InChI is InChI=1S/C30H32FN5O3/c1-21-16-26(7-9-29(21)38-19-23-4-3-5-25(31)17-23)34-30-27-18-24(6-8-28(27)32-20-33-30)22(2)35-39-15-12-36-10-13-37-14-11-36/h3-9,16-18,20H,10-15,19H2,1-2H3,(H,32,33,34)/b35-22+. The van der Waals surface area contributed by atoms with Crippen LogP contribution in [0.4, 0.5) is 15.9 Å². The fraction of sp³-hybridized carbons (Fsp3) is 0.300. The molecule has 202 valence electrons. The molecule has 0 spiro atoms. The SMILES string of the molecule is C/C(=N\OCCN1CCOCC1)c1ccc2ncnc(Nc3ccc(OCc4cccc(F)c4)c(C)c3)c2c1. The lowest BCUT2D eigenvalue weighted by atomic mass is 10.1. The number of halogens is 1. The van der Waals surface area contributed by atoms with Crippen molar-refractivity contribution in [2.45, 2.75) is 20.5 Å². The van der Waals surface area contributed by atoms with E-state index in [0.717, 1.165) is 77.6 Å². The summed E-state index contributed by atoms with van der Waals surface area (Å²) in [5, 5.41) is 8.61. The van der Waals surface area contributed by atoms with E-state index in [1.807, 2.05) is 56.3 Å². The summed E-state index contributed by atoms with van der Waals surface area (Å²) in [4.78, 5) is 16.8. The van der Waals surface area contributed by atoms with Crippen molar-refractivity contribution in [1.29, 1.82) is 0 Å². The molecule has 0 aliphatic carbocycles. The summed E-state index contributed by atoms with van der Waals surface area (Å²) in [6.07, 6.45) is 1.55. The van der Waals surface area contributed by atoms with E-state index in [0.29, 0.717) is 19.0 Å². The van der Waals surface area contributed by atoms with Crippen LogP contribution in [-0.4, -0.2) is 60.0 Å². The molecule has 39 heavy (non-hydrogen) atoms. The Labute approximate surface area is 227 Å². The van der Waals surface area contributed by atoms with Crippen LogP contribution in [0.1, 0.15) is 23.6 Å². The van der Waals surface area contributed by atoms with Crippen molar-refractivity contribution in [3.63, 3.8) is 0 Å². The van der Waals surface area contributed by atoms with Crippen LogP contribution in [0.15, 0.2) is 72.1 Å². The van der Waals surface area contributed by atoms with Crippen molar-refractivity contribution in [3.05, 3.63) is 89.5 Å². The maximum atomic E-state index is 13.5. The third-order valence-corrected chi connectivity index (χ3v) is 6.58. The van der Waals surface area contributed by atoms with Gasteiger partial charge in [0.1, 0.15) is 36.9 Å². The van der Waals surface area contributed by atoms with E-state index >= 15 is 0 Å². The molecular formula is C30H32FN5O3. The van der Waals surface area contributed by atoms with Gasteiger partial charge in [0.2, 0.25) is 0 Å². The summed E-state index contributed by atoms with van der Waals surface area (Å²) < 4.78 is 24.8. The molecule has 2 heterocycles. The van der Waals surface area contributed by atoms with Crippen LogP contribution in [0.3, 0.4) is 0 Å². The van der Waals surface area contributed by atoms with Crippen LogP contribution in [0.5, 0.6) is 5.75 Å². The third-order valence-electron chi connectivity index (χ3n) is 6.58. The van der Waals surface area contributed by atoms with Gasteiger partial charge in [-0.2, -0.15) is 0 Å². The maximum Gasteiger partial charge on any atom is 0.141 e. The first-order chi connectivity index (χ1) is 19.0. The Bertz CT molecular complexity index is 1460. The Morgan fingerprint density at radius 2 is 1.95 bits per heavy atom. The number of aryl methyl sites for hydroxylation is 1. The molecule has 0 unspecified atom stereocenters. The first kappa shape index (κ1) is 26.5. The van der Waals surface area contributed by atoms with Crippen LogP contribution in [0.25, 0.3) is 10.9 Å². The largest absolute Gasteiger partial charge is 0.489 e. The van der Waals surface area contributed by atoms with Gasteiger partial charge in [-0.25, -0.2) is 14.4 Å². The molecule has 1 aliphatic heterocycles. The molecule has 0 saturated carbocycles. The van der Waals surface area contributed by atoms with Crippen LogP contribution in [0, 0.1) is 12.7 Å². The maximum absolute atomic E-state index is 13.5. The number of benzene rings is 3. The summed E-state index contributed by atoms with van der Waals surface area (Å²) in [7, 11) is 0. The van der Waals surface area contributed by atoms with Gasteiger partial charge >= 0.3 is 0 Å². The number of oxime groups is 1. The molecule has 0 amide bonds. The first-order valence-electron chi connectivity index (χ1n) is 13.0. The van der Waals surface area contributed by atoms with Gasteiger partial charge in [-0.3, -0.25) is 4.90 Å². The zero-order valence-electron chi connectivity index (χ0n) is 22.2. The molecule has 1 N–H and O–H groups in total. The number of nitrogens with zero attached hydrogens (tertiary/aromatic N) is 4. The van der Waals surface area contributed by atoms with Crippen molar-refractivity contribution in [2.75, 3.05) is 44.8 Å². The fourth-order valence-electron chi connectivity index (χ4n) is 4.38. The van der Waals surface area contributed by atoms with Gasteiger partial charge in [-0.1, -0.05) is 23.4 Å². The smallest absolute Gasteiger partial charge is 0.141 e. The molecule has 5 rings (SSSR count). The van der Waals surface area contributed by atoms with Gasteiger partial charge < -0.3 is 19.6 Å². The summed E-state index contributed by atoms with van der Waals surface area (Å²) in [5.41, 5.74) is 5.14. The van der Waals surface area contributed by atoms with E-state index in [1.165, 1.54) is 12.1 Å². The number of nitrogens with one attached hydrogen (secondary N) is 1. The fourth-order valence-corrected chi connectivity index (χ4v) is 4.38. The second-order valence-corrected chi connectivity index (χ2v) is 9.44. The Kier molecular flexibility index (Phi) is 8.60. The minimum absolute atomic E-state index is 0.273. The highest BCUT2D eigenvalue weighted by Gasteiger charge is 2.11. The van der Waals surface area contributed by atoms with Crippen LogP contribution in [0.2, 0.25) is 0 Å². The van der Waals surface area contributed by atoms with E-state index < -0.39 is 0 Å². The van der Waals surface area contributed by atoms with E-state index in [4.69, 9.17) is 14.3 Å². The van der Waals surface area contributed by atoms with Gasteiger partial charge in [-0.15, -0.1) is 0 Å². The van der Waals surface area contributed by atoms with Gasteiger partial charge in [0.15, 0.2) is 0 Å². The minimum Gasteiger partial charge on any atom is -0.489 e. The predicted molar refractivity (Wildman–Crippen MR) is 150 cm³/mol. The second kappa shape index (κ2) is 12.6. The van der Waals surface area contributed by atoms with Crippen molar-refractivity contribution >= 4 is 28.1 Å². The van der Waals surface area contributed by atoms with Crippen LogP contribution >= 0.6 is 0 Å². The molecule has 1 fully saturated rings. The van der Waals surface area contributed by atoms with Crippen molar-refractivity contribution in [1.82, 2.24) is 14.9 Å². The number of anilines is 2. The molecule has 1 saturated heterocycles. The lowest BCUT2D eigenvalue weighted by Gasteiger charge is -2.25. The van der Waals surface area contributed by atoms with E-state index in [-0.39, 0.29) is 5.82 Å². The topological polar surface area (TPSA) is 81.1 Å². The van der Waals surface area contributed by atoms with Gasteiger partial charge in [0.05, 0.1) is 24.4 Å². The monoisotopic (exact) mass is 529 g/mol. The average molecular weight is 530 g/mol. The Morgan fingerprint density at radius 1 is 1.08 bits per heavy atom. The highest BCUT2D eigenvalue weighted by Crippen LogP contribution is 2.28. The number of hydrogen-bond donors (Lipinski definition) is 1.